The molecule has 1 heterocycles. The van der Waals surface area contributed by atoms with Crippen molar-refractivity contribution in [2.24, 2.45) is 11.7 Å². The van der Waals surface area contributed by atoms with Crippen LogP contribution in [0.15, 0.2) is 21.6 Å². The number of halogens is 1. The van der Waals surface area contributed by atoms with E-state index in [1.54, 1.807) is 6.92 Å². The predicted octanol–water partition coefficient (Wildman–Crippen LogP) is 1.53. The standard InChI is InChI=1S/C13H22N2O5S.ClH/c1-4-19-13(16)11-5-6-12(20-11)21(17,18)15-10(8-14)7-9(2)3;/h5-6,9-10,15H,4,7-8,14H2,1-3H3;1H. The molecule has 0 saturated heterocycles. The average Bonchev–Trinajstić information content (AvgIpc) is 2.87. The van der Waals surface area contributed by atoms with E-state index >= 15 is 0 Å². The van der Waals surface area contributed by atoms with E-state index in [0.717, 1.165) is 0 Å². The minimum absolute atomic E-state index is 0. The Morgan fingerprint density at radius 1 is 1.41 bits per heavy atom. The smallest absolute Gasteiger partial charge is 0.374 e. The van der Waals surface area contributed by atoms with Crippen LogP contribution in [0.5, 0.6) is 0 Å². The van der Waals surface area contributed by atoms with E-state index in [2.05, 4.69) is 4.72 Å². The third-order valence-electron chi connectivity index (χ3n) is 2.69. The van der Waals surface area contributed by atoms with E-state index < -0.39 is 16.0 Å². The van der Waals surface area contributed by atoms with Crippen LogP contribution in [0.2, 0.25) is 0 Å². The highest BCUT2D eigenvalue weighted by molar-refractivity contribution is 7.89. The molecule has 1 rings (SSSR count). The fourth-order valence-electron chi connectivity index (χ4n) is 1.82. The molecule has 0 bridgehead atoms. The van der Waals surface area contributed by atoms with Gasteiger partial charge >= 0.3 is 5.97 Å². The van der Waals surface area contributed by atoms with Gasteiger partial charge in [0.05, 0.1) is 6.61 Å². The molecule has 0 saturated carbocycles. The molecule has 22 heavy (non-hydrogen) atoms. The van der Waals surface area contributed by atoms with Crippen molar-refractivity contribution in [1.82, 2.24) is 4.72 Å². The molecule has 128 valence electrons. The van der Waals surface area contributed by atoms with Gasteiger partial charge in [-0.2, -0.15) is 0 Å². The second kappa shape index (κ2) is 9.14. The topological polar surface area (TPSA) is 112 Å². The number of ether oxygens (including phenoxy) is 1. The Hall–Kier alpha value is -1.09. The van der Waals surface area contributed by atoms with Crippen molar-refractivity contribution in [2.75, 3.05) is 13.2 Å². The van der Waals surface area contributed by atoms with Crippen LogP contribution >= 0.6 is 12.4 Å². The first kappa shape index (κ1) is 20.9. The summed E-state index contributed by atoms with van der Waals surface area (Å²) in [4.78, 5) is 11.5. The van der Waals surface area contributed by atoms with Gasteiger partial charge in [0.1, 0.15) is 0 Å². The van der Waals surface area contributed by atoms with Crippen LogP contribution in [0.25, 0.3) is 0 Å². The molecule has 0 aliphatic carbocycles. The molecule has 0 spiro atoms. The van der Waals surface area contributed by atoms with Gasteiger partial charge in [-0.25, -0.2) is 17.9 Å². The zero-order valence-electron chi connectivity index (χ0n) is 12.9. The maximum absolute atomic E-state index is 12.2. The van der Waals surface area contributed by atoms with Gasteiger partial charge in [-0.1, -0.05) is 13.8 Å². The van der Waals surface area contributed by atoms with Crippen LogP contribution in [-0.4, -0.2) is 33.6 Å². The number of rotatable bonds is 8. The summed E-state index contributed by atoms with van der Waals surface area (Å²) in [6.07, 6.45) is 0.612. The number of nitrogens with two attached hydrogens (primary N) is 1. The van der Waals surface area contributed by atoms with Crippen LogP contribution in [0.1, 0.15) is 37.7 Å². The van der Waals surface area contributed by atoms with Gasteiger partial charge in [0.25, 0.3) is 10.0 Å². The van der Waals surface area contributed by atoms with E-state index in [-0.39, 0.29) is 42.5 Å². The van der Waals surface area contributed by atoms with E-state index in [4.69, 9.17) is 14.9 Å². The number of hydrogen-bond acceptors (Lipinski definition) is 6. The molecule has 0 aromatic carbocycles. The largest absolute Gasteiger partial charge is 0.460 e. The van der Waals surface area contributed by atoms with Gasteiger partial charge in [-0.05, 0) is 31.4 Å². The van der Waals surface area contributed by atoms with Gasteiger partial charge in [0.15, 0.2) is 0 Å². The first-order chi connectivity index (χ1) is 9.80. The lowest BCUT2D eigenvalue weighted by Gasteiger charge is -2.17. The summed E-state index contributed by atoms with van der Waals surface area (Å²) in [6, 6.07) is 2.11. The number of sulfonamides is 1. The van der Waals surface area contributed by atoms with Gasteiger partial charge in [-0.15, -0.1) is 12.4 Å². The lowest BCUT2D eigenvalue weighted by Crippen LogP contribution is -2.40. The number of esters is 1. The van der Waals surface area contributed by atoms with E-state index in [1.807, 2.05) is 13.8 Å². The number of hydrogen-bond donors (Lipinski definition) is 2. The number of nitrogens with one attached hydrogen (secondary N) is 1. The Morgan fingerprint density at radius 2 is 2.05 bits per heavy atom. The molecule has 0 aliphatic rings. The van der Waals surface area contributed by atoms with E-state index in [0.29, 0.717) is 12.3 Å². The fraction of sp³-hybridized carbons (Fsp3) is 0.615. The molecule has 9 heteroatoms. The van der Waals surface area contributed by atoms with Gasteiger partial charge in [0, 0.05) is 12.6 Å². The van der Waals surface area contributed by atoms with Crippen molar-refractivity contribution >= 4 is 28.4 Å². The van der Waals surface area contributed by atoms with Crippen LogP contribution in [0.4, 0.5) is 0 Å². The quantitative estimate of drug-likeness (QED) is 0.685. The van der Waals surface area contributed by atoms with Crippen LogP contribution in [0.3, 0.4) is 0 Å². The van der Waals surface area contributed by atoms with Crippen molar-refractivity contribution in [1.29, 1.82) is 0 Å². The number of carbonyl (C=O) groups is 1. The first-order valence-electron chi connectivity index (χ1n) is 6.79. The third-order valence-corrected chi connectivity index (χ3v) is 4.08. The van der Waals surface area contributed by atoms with Crippen molar-refractivity contribution < 1.29 is 22.4 Å². The monoisotopic (exact) mass is 354 g/mol. The Bertz CT molecular complexity index is 571. The van der Waals surface area contributed by atoms with E-state index in [9.17, 15) is 13.2 Å². The molecule has 1 unspecified atom stereocenters. The first-order valence-corrected chi connectivity index (χ1v) is 8.27. The molecule has 0 fully saturated rings. The van der Waals surface area contributed by atoms with Crippen LogP contribution in [-0.2, 0) is 14.8 Å². The lowest BCUT2D eigenvalue weighted by atomic mass is 10.1. The Labute approximate surface area is 137 Å². The van der Waals surface area contributed by atoms with Crippen molar-refractivity contribution in [2.45, 2.75) is 38.3 Å². The molecule has 0 amide bonds. The van der Waals surface area contributed by atoms with Crippen molar-refractivity contribution in [3.63, 3.8) is 0 Å². The van der Waals surface area contributed by atoms with Crippen molar-refractivity contribution in [3.05, 3.63) is 17.9 Å². The molecule has 1 atom stereocenters. The predicted molar refractivity (Wildman–Crippen MR) is 84.5 cm³/mol. The Kier molecular flexibility index (Phi) is 8.69. The Balaban J connectivity index is 0.00000441. The highest BCUT2D eigenvalue weighted by Gasteiger charge is 2.25. The maximum Gasteiger partial charge on any atom is 0.374 e. The molecule has 0 aliphatic heterocycles. The van der Waals surface area contributed by atoms with E-state index in [1.165, 1.54) is 12.1 Å². The molecule has 7 nitrogen and oxygen atoms in total. The second-order valence-corrected chi connectivity index (χ2v) is 6.67. The lowest BCUT2D eigenvalue weighted by molar-refractivity contribution is 0.0484. The second-order valence-electron chi connectivity index (χ2n) is 5.02. The highest BCUT2D eigenvalue weighted by atomic mass is 35.5. The zero-order valence-corrected chi connectivity index (χ0v) is 14.5. The highest BCUT2D eigenvalue weighted by Crippen LogP contribution is 2.16. The van der Waals surface area contributed by atoms with Crippen LogP contribution < -0.4 is 10.5 Å². The molecule has 0 radical (unpaired) electrons. The molecule has 1 aromatic heterocycles. The Morgan fingerprint density at radius 3 is 2.55 bits per heavy atom. The summed E-state index contributed by atoms with van der Waals surface area (Å²) in [7, 11) is -3.85. The molecule has 1 aromatic rings. The van der Waals surface area contributed by atoms with Gasteiger partial charge < -0.3 is 14.9 Å². The minimum Gasteiger partial charge on any atom is -0.460 e. The summed E-state index contributed by atoms with van der Waals surface area (Å²) in [5.74, 6) is -0.546. The van der Waals surface area contributed by atoms with Gasteiger partial charge in [0.2, 0.25) is 10.9 Å². The number of carbonyl (C=O) groups excluding carboxylic acids is 1. The maximum atomic E-state index is 12.2. The molecule has 3 N–H and O–H groups in total. The van der Waals surface area contributed by atoms with Gasteiger partial charge in [-0.3, -0.25) is 0 Å². The minimum atomic E-state index is -3.85. The fourth-order valence-corrected chi connectivity index (χ4v) is 3.01. The summed E-state index contributed by atoms with van der Waals surface area (Å²) < 4.78 is 36.6. The summed E-state index contributed by atoms with van der Waals surface area (Å²) in [6.45, 7) is 5.97. The molecular formula is C13H23ClN2O5S. The van der Waals surface area contributed by atoms with Crippen LogP contribution in [0, 0.1) is 5.92 Å². The summed E-state index contributed by atoms with van der Waals surface area (Å²) in [5, 5.41) is -0.326. The van der Waals surface area contributed by atoms with Crippen molar-refractivity contribution in [3.8, 4) is 0 Å². The SMILES string of the molecule is CCOC(=O)c1ccc(S(=O)(=O)NC(CN)CC(C)C)o1.Cl. The zero-order chi connectivity index (χ0) is 16.0. The summed E-state index contributed by atoms with van der Waals surface area (Å²) >= 11 is 0. The normalized spacial score (nSPS) is 12.8. The average molecular weight is 355 g/mol. The molecular weight excluding hydrogens is 332 g/mol. The number of furan rings is 1. The summed E-state index contributed by atoms with van der Waals surface area (Å²) in [5.41, 5.74) is 5.57. The third kappa shape index (κ3) is 5.96.